The third-order valence-electron chi connectivity index (χ3n) is 5.94. The number of nitro groups is 1. The average molecular weight is 487 g/mol. The molecule has 1 heterocycles. The van der Waals surface area contributed by atoms with E-state index in [0.717, 1.165) is 11.3 Å². The van der Waals surface area contributed by atoms with Crippen molar-refractivity contribution in [3.8, 4) is 5.75 Å². The van der Waals surface area contributed by atoms with Gasteiger partial charge < -0.3 is 19.9 Å². The molecule has 0 atom stereocenters. The lowest BCUT2D eigenvalue weighted by molar-refractivity contribution is -0.385. The van der Waals surface area contributed by atoms with Gasteiger partial charge in [-0.2, -0.15) is 0 Å². The summed E-state index contributed by atoms with van der Waals surface area (Å²) < 4.78 is 4.98. The molecule has 0 spiro atoms. The van der Waals surface area contributed by atoms with E-state index in [1.54, 1.807) is 18.2 Å². The molecule has 4 rings (SSSR count). The van der Waals surface area contributed by atoms with Crippen LogP contribution < -0.4 is 15.0 Å². The van der Waals surface area contributed by atoms with E-state index in [-0.39, 0.29) is 22.9 Å². The molecular weight excluding hydrogens is 460 g/mol. The highest BCUT2D eigenvalue weighted by Crippen LogP contribution is 2.28. The van der Waals surface area contributed by atoms with E-state index in [1.165, 1.54) is 25.3 Å². The number of ether oxygens (including phenoxy) is 1. The molecule has 2 amide bonds. The molecule has 0 aliphatic carbocycles. The summed E-state index contributed by atoms with van der Waals surface area (Å²) in [6.07, 6.45) is 3.44. The average Bonchev–Trinajstić information content (AvgIpc) is 2.92. The first-order chi connectivity index (χ1) is 17.4. The summed E-state index contributed by atoms with van der Waals surface area (Å²) in [5.41, 5.74) is 2.44. The van der Waals surface area contributed by atoms with Gasteiger partial charge in [0.25, 0.3) is 5.91 Å². The molecule has 3 aromatic carbocycles. The minimum Gasteiger partial charge on any atom is -0.490 e. The molecule has 0 unspecified atom stereocenters. The van der Waals surface area contributed by atoms with Gasteiger partial charge in [-0.1, -0.05) is 30.3 Å². The van der Waals surface area contributed by atoms with Crippen LogP contribution in [-0.2, 0) is 4.79 Å². The first kappa shape index (κ1) is 24.5. The molecule has 1 fully saturated rings. The van der Waals surface area contributed by atoms with E-state index in [2.05, 4.69) is 10.2 Å². The van der Waals surface area contributed by atoms with Crippen LogP contribution in [0.2, 0.25) is 0 Å². The molecule has 0 saturated carbocycles. The topological polar surface area (TPSA) is 105 Å². The lowest BCUT2D eigenvalue weighted by Gasteiger charge is -2.35. The first-order valence-corrected chi connectivity index (χ1v) is 11.5. The van der Waals surface area contributed by atoms with Crippen molar-refractivity contribution in [3.63, 3.8) is 0 Å². The zero-order chi connectivity index (χ0) is 25.5. The van der Waals surface area contributed by atoms with E-state index in [0.29, 0.717) is 31.9 Å². The van der Waals surface area contributed by atoms with Crippen molar-refractivity contribution in [1.82, 2.24) is 4.90 Å². The molecule has 36 heavy (non-hydrogen) atoms. The number of carbonyl (C=O) groups excluding carboxylic acids is 2. The quantitative estimate of drug-likeness (QED) is 0.305. The number of carbonyl (C=O) groups is 2. The molecule has 3 aromatic rings. The number of nitro benzene ring substituents is 1. The minimum absolute atomic E-state index is 0.00432. The van der Waals surface area contributed by atoms with Gasteiger partial charge in [0.15, 0.2) is 5.75 Å². The normalized spacial score (nSPS) is 13.5. The Labute approximate surface area is 208 Å². The van der Waals surface area contributed by atoms with E-state index in [9.17, 15) is 19.7 Å². The molecule has 1 saturated heterocycles. The van der Waals surface area contributed by atoms with Crippen LogP contribution in [0, 0.1) is 10.1 Å². The fraction of sp³-hybridized carbons (Fsp3) is 0.185. The number of nitrogens with zero attached hydrogens (tertiary/aromatic N) is 3. The summed E-state index contributed by atoms with van der Waals surface area (Å²) in [7, 11) is 1.34. The second-order valence-corrected chi connectivity index (χ2v) is 8.20. The van der Waals surface area contributed by atoms with E-state index in [4.69, 9.17) is 4.74 Å². The van der Waals surface area contributed by atoms with Crippen LogP contribution in [0.5, 0.6) is 5.75 Å². The van der Waals surface area contributed by atoms with Crippen LogP contribution in [0.1, 0.15) is 15.9 Å². The zero-order valence-corrected chi connectivity index (χ0v) is 19.8. The summed E-state index contributed by atoms with van der Waals surface area (Å²) in [6.45, 7) is 2.64. The highest BCUT2D eigenvalue weighted by molar-refractivity contribution is 6.05. The van der Waals surface area contributed by atoms with Crippen LogP contribution in [0.4, 0.5) is 17.1 Å². The predicted molar refractivity (Wildman–Crippen MR) is 138 cm³/mol. The van der Waals surface area contributed by atoms with Gasteiger partial charge in [0.05, 0.1) is 12.0 Å². The van der Waals surface area contributed by atoms with Crippen molar-refractivity contribution in [2.24, 2.45) is 0 Å². The maximum Gasteiger partial charge on any atom is 0.311 e. The van der Waals surface area contributed by atoms with Crippen molar-refractivity contribution in [2.75, 3.05) is 43.5 Å². The summed E-state index contributed by atoms with van der Waals surface area (Å²) in [6, 6.07) is 21.2. The fourth-order valence-electron chi connectivity index (χ4n) is 3.95. The van der Waals surface area contributed by atoms with Gasteiger partial charge in [0.1, 0.15) is 0 Å². The van der Waals surface area contributed by atoms with Crippen molar-refractivity contribution in [1.29, 1.82) is 0 Å². The monoisotopic (exact) mass is 486 g/mol. The smallest absolute Gasteiger partial charge is 0.311 e. The lowest BCUT2D eigenvalue weighted by Crippen LogP contribution is -2.48. The molecule has 0 aromatic heterocycles. The molecule has 1 aliphatic heterocycles. The Kier molecular flexibility index (Phi) is 7.60. The van der Waals surface area contributed by atoms with Crippen LogP contribution in [0.3, 0.4) is 0 Å². The number of rotatable bonds is 7. The van der Waals surface area contributed by atoms with Gasteiger partial charge in [0, 0.05) is 55.3 Å². The number of benzene rings is 3. The highest BCUT2D eigenvalue weighted by atomic mass is 16.6. The Morgan fingerprint density at radius 3 is 2.31 bits per heavy atom. The number of nitrogens with one attached hydrogen (secondary N) is 1. The Morgan fingerprint density at radius 1 is 0.972 bits per heavy atom. The molecule has 9 nitrogen and oxygen atoms in total. The summed E-state index contributed by atoms with van der Waals surface area (Å²) in [5, 5.41) is 14.0. The van der Waals surface area contributed by atoms with Crippen LogP contribution in [0.15, 0.2) is 78.9 Å². The van der Waals surface area contributed by atoms with Crippen molar-refractivity contribution in [3.05, 3.63) is 100 Å². The molecule has 184 valence electrons. The fourth-order valence-corrected chi connectivity index (χ4v) is 3.95. The highest BCUT2D eigenvalue weighted by Gasteiger charge is 2.21. The molecule has 1 N–H and O–H groups in total. The maximum atomic E-state index is 12.6. The first-order valence-electron chi connectivity index (χ1n) is 11.5. The number of hydrogen-bond acceptors (Lipinski definition) is 6. The molecule has 0 bridgehead atoms. The van der Waals surface area contributed by atoms with Gasteiger partial charge in [-0.3, -0.25) is 19.7 Å². The van der Waals surface area contributed by atoms with Gasteiger partial charge >= 0.3 is 5.69 Å². The number of piperazine rings is 1. The van der Waals surface area contributed by atoms with Crippen LogP contribution in [0.25, 0.3) is 6.08 Å². The molecular formula is C27H26N4O5. The molecule has 1 aliphatic rings. The third kappa shape index (κ3) is 5.87. The Bertz CT molecular complexity index is 1270. The number of anilines is 2. The number of amides is 2. The second kappa shape index (κ2) is 11.2. The van der Waals surface area contributed by atoms with Gasteiger partial charge in [0.2, 0.25) is 5.91 Å². The van der Waals surface area contributed by atoms with Crippen LogP contribution >= 0.6 is 0 Å². The summed E-state index contributed by atoms with van der Waals surface area (Å²) in [4.78, 5) is 39.7. The zero-order valence-electron chi connectivity index (χ0n) is 19.8. The van der Waals surface area contributed by atoms with Gasteiger partial charge in [-0.15, -0.1) is 0 Å². The maximum absolute atomic E-state index is 12.6. The van der Waals surface area contributed by atoms with Gasteiger partial charge in [-0.05, 0) is 48.0 Å². The molecule has 9 heteroatoms. The standard InChI is InChI=1S/C27H26N4O5/c1-36-25-13-8-21(19-24(25)31(34)35)27(33)28-22-9-11-23(12-10-22)29-15-17-30(18-16-29)26(32)14-7-20-5-3-2-4-6-20/h2-14,19H,15-18H2,1H3,(H,28,33)/b14-7+. The van der Waals surface area contributed by atoms with E-state index < -0.39 is 10.8 Å². The van der Waals surface area contributed by atoms with Crippen LogP contribution in [-0.4, -0.2) is 54.9 Å². The largest absolute Gasteiger partial charge is 0.490 e. The number of methoxy groups -OCH3 is 1. The lowest BCUT2D eigenvalue weighted by atomic mass is 10.1. The van der Waals surface area contributed by atoms with Crippen molar-refractivity contribution >= 4 is 35.0 Å². The van der Waals surface area contributed by atoms with Gasteiger partial charge in [-0.25, -0.2) is 0 Å². The summed E-state index contributed by atoms with van der Waals surface area (Å²) in [5.74, 6) is -0.366. The van der Waals surface area contributed by atoms with E-state index in [1.807, 2.05) is 53.4 Å². The Balaban J connectivity index is 1.32. The Hall–Kier alpha value is -4.66. The van der Waals surface area contributed by atoms with Crippen molar-refractivity contribution in [2.45, 2.75) is 0 Å². The number of hydrogen-bond donors (Lipinski definition) is 1. The predicted octanol–water partition coefficient (Wildman–Crippen LogP) is 4.22. The Morgan fingerprint density at radius 2 is 1.67 bits per heavy atom. The third-order valence-corrected chi connectivity index (χ3v) is 5.94. The summed E-state index contributed by atoms with van der Waals surface area (Å²) >= 11 is 0. The second-order valence-electron chi connectivity index (χ2n) is 8.20. The SMILES string of the molecule is COc1ccc(C(=O)Nc2ccc(N3CCN(C(=O)/C=C/c4ccccc4)CC3)cc2)cc1[N+](=O)[O-]. The molecule has 0 radical (unpaired) electrons. The van der Waals surface area contributed by atoms with Crippen molar-refractivity contribution < 1.29 is 19.2 Å². The minimum atomic E-state index is -0.586. The van der Waals surface area contributed by atoms with E-state index >= 15 is 0 Å².